The van der Waals surface area contributed by atoms with Crippen molar-refractivity contribution in [2.45, 2.75) is 18.9 Å². The summed E-state index contributed by atoms with van der Waals surface area (Å²) in [5, 5.41) is 3.67. The van der Waals surface area contributed by atoms with Gasteiger partial charge in [0, 0.05) is 49.1 Å². The maximum atomic E-state index is 4.52. The van der Waals surface area contributed by atoms with Gasteiger partial charge >= 0.3 is 0 Å². The van der Waals surface area contributed by atoms with Crippen molar-refractivity contribution in [3.05, 3.63) is 29.0 Å². The second-order valence-corrected chi connectivity index (χ2v) is 7.36. The summed E-state index contributed by atoms with van der Waals surface area (Å²) in [6.45, 7) is 4.61. The molecule has 2 aromatic heterocycles. The molecule has 0 unspecified atom stereocenters. The maximum Gasteiger partial charge on any atom is 0.112 e. The highest BCUT2D eigenvalue weighted by Gasteiger charge is 2.19. The van der Waals surface area contributed by atoms with Crippen LogP contribution >= 0.6 is 15.9 Å². The number of anilines is 1. The summed E-state index contributed by atoms with van der Waals surface area (Å²) in [5.74, 6) is 0. The zero-order chi connectivity index (χ0) is 16.2. The fourth-order valence-corrected chi connectivity index (χ4v) is 3.30. The van der Waals surface area contributed by atoms with Crippen molar-refractivity contribution < 1.29 is 0 Å². The molecule has 0 aliphatic carbocycles. The second-order valence-electron chi connectivity index (χ2n) is 6.44. The number of nitrogens with zero attached hydrogens (tertiary/aromatic N) is 4. The van der Waals surface area contributed by atoms with Gasteiger partial charge in [-0.15, -0.1) is 0 Å². The number of likely N-dealkylation sites (tertiary alicyclic amines) is 1. The Morgan fingerprint density at radius 2 is 2.09 bits per heavy atom. The van der Waals surface area contributed by atoms with Gasteiger partial charge in [0.2, 0.25) is 0 Å². The monoisotopic (exact) mass is 377 g/mol. The standard InChI is InChI=1S/C17H24BrN5/c1-22(2)9-10-23-7-4-14(5-8-23)21-15-3-6-19-16-11-13(18)12-20-17(15)16/h3,6,11-12,14H,4-5,7-10H2,1-2H3,(H,19,21). The predicted octanol–water partition coefficient (Wildman–Crippen LogP) is 2.83. The summed E-state index contributed by atoms with van der Waals surface area (Å²) in [7, 11) is 4.27. The predicted molar refractivity (Wildman–Crippen MR) is 98.9 cm³/mol. The minimum absolute atomic E-state index is 0.515. The fraction of sp³-hybridized carbons (Fsp3) is 0.529. The molecule has 1 fully saturated rings. The summed E-state index contributed by atoms with van der Waals surface area (Å²) in [6.07, 6.45) is 6.03. The van der Waals surface area contributed by atoms with Gasteiger partial charge in [0.1, 0.15) is 5.52 Å². The molecule has 124 valence electrons. The van der Waals surface area contributed by atoms with Crippen LogP contribution in [0.5, 0.6) is 0 Å². The van der Waals surface area contributed by atoms with Gasteiger partial charge in [-0.2, -0.15) is 0 Å². The normalized spacial score (nSPS) is 17.0. The molecule has 1 aliphatic rings. The lowest BCUT2D eigenvalue weighted by Crippen LogP contribution is -2.41. The van der Waals surface area contributed by atoms with Gasteiger partial charge in [0.25, 0.3) is 0 Å². The first-order valence-corrected chi connectivity index (χ1v) is 8.95. The quantitative estimate of drug-likeness (QED) is 0.867. The van der Waals surface area contributed by atoms with Crippen molar-refractivity contribution in [2.75, 3.05) is 45.6 Å². The number of piperidine rings is 1. The Morgan fingerprint density at radius 1 is 1.30 bits per heavy atom. The molecule has 3 rings (SSSR count). The molecule has 2 aromatic rings. The number of aromatic nitrogens is 2. The topological polar surface area (TPSA) is 44.3 Å². The molecule has 1 N–H and O–H groups in total. The van der Waals surface area contributed by atoms with Gasteiger partial charge < -0.3 is 15.1 Å². The minimum atomic E-state index is 0.515. The molecule has 6 heteroatoms. The Hall–Kier alpha value is -1.24. The summed E-state index contributed by atoms with van der Waals surface area (Å²) >= 11 is 3.46. The molecule has 5 nitrogen and oxygen atoms in total. The van der Waals surface area contributed by atoms with E-state index in [0.717, 1.165) is 47.4 Å². The van der Waals surface area contributed by atoms with E-state index < -0.39 is 0 Å². The lowest BCUT2D eigenvalue weighted by molar-refractivity contribution is 0.199. The van der Waals surface area contributed by atoms with Gasteiger partial charge in [0.15, 0.2) is 0 Å². The molecule has 23 heavy (non-hydrogen) atoms. The molecule has 0 radical (unpaired) electrons. The van der Waals surface area contributed by atoms with Crippen molar-refractivity contribution >= 4 is 32.7 Å². The van der Waals surface area contributed by atoms with E-state index in [2.05, 4.69) is 55.1 Å². The number of hydrogen-bond donors (Lipinski definition) is 1. The molecule has 1 aliphatic heterocycles. The summed E-state index contributed by atoms with van der Waals surface area (Å²) in [4.78, 5) is 13.7. The van der Waals surface area contributed by atoms with Crippen LogP contribution in [0.25, 0.3) is 11.0 Å². The number of nitrogens with one attached hydrogen (secondary N) is 1. The molecule has 1 saturated heterocycles. The molecule has 0 atom stereocenters. The number of likely N-dealkylation sites (N-methyl/N-ethyl adjacent to an activating group) is 1. The minimum Gasteiger partial charge on any atom is -0.380 e. The largest absolute Gasteiger partial charge is 0.380 e. The average Bonchev–Trinajstić information content (AvgIpc) is 2.54. The molecule has 3 heterocycles. The lowest BCUT2D eigenvalue weighted by atomic mass is 10.0. The molecule has 0 bridgehead atoms. The van der Waals surface area contributed by atoms with E-state index in [1.807, 2.05) is 24.5 Å². The van der Waals surface area contributed by atoms with Crippen molar-refractivity contribution in [3.63, 3.8) is 0 Å². The Labute approximate surface area is 146 Å². The first-order valence-electron chi connectivity index (χ1n) is 8.16. The van der Waals surface area contributed by atoms with Crippen LogP contribution < -0.4 is 5.32 Å². The van der Waals surface area contributed by atoms with E-state index >= 15 is 0 Å². The van der Waals surface area contributed by atoms with E-state index in [9.17, 15) is 0 Å². The van der Waals surface area contributed by atoms with Crippen LogP contribution in [0.2, 0.25) is 0 Å². The Bertz CT molecular complexity index is 652. The third kappa shape index (κ3) is 4.40. The van der Waals surface area contributed by atoms with Crippen LogP contribution in [0.3, 0.4) is 0 Å². The number of fused-ring (bicyclic) bond motifs is 1. The number of halogens is 1. The average molecular weight is 378 g/mol. The van der Waals surface area contributed by atoms with E-state index in [1.165, 1.54) is 12.8 Å². The Morgan fingerprint density at radius 3 is 2.83 bits per heavy atom. The Kier molecular flexibility index (Phi) is 5.46. The summed E-state index contributed by atoms with van der Waals surface area (Å²) in [5.41, 5.74) is 2.97. The molecular formula is C17H24BrN5. The van der Waals surface area contributed by atoms with Crippen molar-refractivity contribution in [2.24, 2.45) is 0 Å². The van der Waals surface area contributed by atoms with Gasteiger partial charge in [-0.3, -0.25) is 9.97 Å². The first-order chi connectivity index (χ1) is 11.1. The highest BCUT2D eigenvalue weighted by Crippen LogP contribution is 2.24. The van der Waals surface area contributed by atoms with Gasteiger partial charge in [-0.25, -0.2) is 0 Å². The smallest absolute Gasteiger partial charge is 0.112 e. The molecular weight excluding hydrogens is 354 g/mol. The zero-order valence-electron chi connectivity index (χ0n) is 13.8. The molecule has 0 amide bonds. The maximum absolute atomic E-state index is 4.52. The number of pyridine rings is 2. The second kappa shape index (κ2) is 7.55. The highest BCUT2D eigenvalue weighted by atomic mass is 79.9. The third-order valence-electron chi connectivity index (χ3n) is 4.35. The van der Waals surface area contributed by atoms with Crippen LogP contribution in [-0.2, 0) is 0 Å². The van der Waals surface area contributed by atoms with Crippen molar-refractivity contribution in [3.8, 4) is 0 Å². The molecule has 0 aromatic carbocycles. The van der Waals surface area contributed by atoms with Crippen LogP contribution in [-0.4, -0.2) is 66.1 Å². The van der Waals surface area contributed by atoms with E-state index in [1.54, 1.807) is 0 Å². The summed E-state index contributed by atoms with van der Waals surface area (Å²) < 4.78 is 0.962. The SMILES string of the molecule is CN(C)CCN1CCC(Nc2ccnc3cc(Br)cnc23)CC1. The van der Waals surface area contributed by atoms with Crippen molar-refractivity contribution in [1.29, 1.82) is 0 Å². The van der Waals surface area contributed by atoms with Gasteiger partial charge in [0.05, 0.1) is 11.2 Å². The van der Waals surface area contributed by atoms with Gasteiger partial charge in [-0.05, 0) is 55.0 Å². The molecule has 0 spiro atoms. The fourth-order valence-electron chi connectivity index (χ4n) is 2.98. The molecule has 0 saturated carbocycles. The lowest BCUT2D eigenvalue weighted by Gasteiger charge is -2.33. The van der Waals surface area contributed by atoms with Gasteiger partial charge in [-0.1, -0.05) is 0 Å². The van der Waals surface area contributed by atoms with E-state index in [0.29, 0.717) is 6.04 Å². The summed E-state index contributed by atoms with van der Waals surface area (Å²) in [6, 6.07) is 4.56. The third-order valence-corrected chi connectivity index (χ3v) is 4.79. The first kappa shape index (κ1) is 16.6. The zero-order valence-corrected chi connectivity index (χ0v) is 15.4. The number of rotatable bonds is 5. The van der Waals surface area contributed by atoms with Crippen molar-refractivity contribution in [1.82, 2.24) is 19.8 Å². The van der Waals surface area contributed by atoms with Crippen LogP contribution in [0.15, 0.2) is 29.0 Å². The Balaban J connectivity index is 1.61. The van der Waals surface area contributed by atoms with Crippen LogP contribution in [0, 0.1) is 0 Å². The van der Waals surface area contributed by atoms with E-state index in [4.69, 9.17) is 0 Å². The van der Waals surface area contributed by atoms with Crippen LogP contribution in [0.4, 0.5) is 5.69 Å². The number of hydrogen-bond acceptors (Lipinski definition) is 5. The van der Waals surface area contributed by atoms with Crippen LogP contribution in [0.1, 0.15) is 12.8 Å². The highest BCUT2D eigenvalue weighted by molar-refractivity contribution is 9.10. The van der Waals surface area contributed by atoms with E-state index in [-0.39, 0.29) is 0 Å².